The Morgan fingerprint density at radius 2 is 2.05 bits per heavy atom. The molecule has 0 spiro atoms. The number of hydrogen-bond acceptors (Lipinski definition) is 3. The lowest BCUT2D eigenvalue weighted by Gasteiger charge is -2.22. The number of H-pyrrole nitrogens is 1. The molecule has 5 nitrogen and oxygen atoms in total. The predicted molar refractivity (Wildman–Crippen MR) is 75.8 cm³/mol. The molecule has 1 aliphatic carbocycles. The lowest BCUT2D eigenvalue weighted by molar-refractivity contribution is 0.368. The summed E-state index contributed by atoms with van der Waals surface area (Å²) in [6.45, 7) is 1.45. The van der Waals surface area contributed by atoms with Crippen molar-refractivity contribution < 1.29 is 0 Å². The average molecular weight is 286 g/mol. The molecule has 1 aromatic rings. The molecule has 19 heavy (non-hydrogen) atoms. The van der Waals surface area contributed by atoms with Gasteiger partial charge >= 0.3 is 5.69 Å². The van der Waals surface area contributed by atoms with Gasteiger partial charge in [0.2, 0.25) is 0 Å². The third-order valence-electron chi connectivity index (χ3n) is 3.58. The Bertz CT molecular complexity index is 517. The van der Waals surface area contributed by atoms with Crippen molar-refractivity contribution in [3.63, 3.8) is 0 Å². The zero-order valence-corrected chi connectivity index (χ0v) is 11.7. The minimum absolute atomic E-state index is 0.0554. The third kappa shape index (κ3) is 4.21. The monoisotopic (exact) mass is 285 g/mol. The van der Waals surface area contributed by atoms with E-state index in [1.165, 1.54) is 42.9 Å². The normalized spacial score (nSPS) is 16.7. The Morgan fingerprint density at radius 1 is 1.32 bits per heavy atom. The zero-order chi connectivity index (χ0) is 13.7. The van der Waals surface area contributed by atoms with E-state index in [1.807, 2.05) is 0 Å². The molecule has 106 valence electrons. The number of nitrogens with zero attached hydrogens (tertiary/aromatic N) is 1. The lowest BCUT2D eigenvalue weighted by atomic mass is 9.95. The quantitative estimate of drug-likeness (QED) is 0.806. The Balaban J connectivity index is 1.78. The summed E-state index contributed by atoms with van der Waals surface area (Å²) in [4.78, 5) is 24.8. The lowest BCUT2D eigenvalue weighted by Crippen LogP contribution is -2.34. The highest BCUT2D eigenvalue weighted by Gasteiger charge is 2.11. The molecule has 0 saturated heterocycles. The fraction of sp³-hybridized carbons (Fsp3) is 0.692. The second-order valence-corrected chi connectivity index (χ2v) is 5.48. The van der Waals surface area contributed by atoms with Gasteiger partial charge in [0.1, 0.15) is 5.02 Å². The number of aromatic nitrogens is 2. The largest absolute Gasteiger partial charge is 0.328 e. The topological polar surface area (TPSA) is 66.9 Å². The molecule has 6 heteroatoms. The molecule has 0 aliphatic heterocycles. The van der Waals surface area contributed by atoms with E-state index in [1.54, 1.807) is 0 Å². The summed E-state index contributed by atoms with van der Waals surface area (Å²) >= 11 is 5.70. The maximum atomic E-state index is 11.5. The molecule has 0 unspecified atom stereocenters. The Hall–Kier alpha value is -1.07. The molecule has 2 rings (SSSR count). The molecule has 1 aromatic heterocycles. The fourth-order valence-corrected chi connectivity index (χ4v) is 2.68. The van der Waals surface area contributed by atoms with E-state index >= 15 is 0 Å². The van der Waals surface area contributed by atoms with Crippen LogP contribution in [0.1, 0.15) is 38.5 Å². The van der Waals surface area contributed by atoms with Crippen LogP contribution in [-0.2, 0) is 6.54 Å². The van der Waals surface area contributed by atoms with Crippen molar-refractivity contribution in [3.05, 3.63) is 32.1 Å². The third-order valence-corrected chi connectivity index (χ3v) is 3.85. The van der Waals surface area contributed by atoms with Crippen molar-refractivity contribution in [2.75, 3.05) is 6.54 Å². The number of nitrogens with one attached hydrogen (secondary N) is 2. The van der Waals surface area contributed by atoms with Crippen LogP contribution in [0.25, 0.3) is 0 Å². The van der Waals surface area contributed by atoms with Crippen LogP contribution in [0.5, 0.6) is 0 Å². The van der Waals surface area contributed by atoms with Gasteiger partial charge in [-0.25, -0.2) is 4.79 Å². The van der Waals surface area contributed by atoms with Gasteiger partial charge in [-0.05, 0) is 25.8 Å². The van der Waals surface area contributed by atoms with Gasteiger partial charge in [0, 0.05) is 18.8 Å². The number of aryl methyl sites for hydroxylation is 1. The Kier molecular flexibility index (Phi) is 5.22. The number of halogens is 1. The van der Waals surface area contributed by atoms with Gasteiger partial charge in [-0.2, -0.15) is 0 Å². The van der Waals surface area contributed by atoms with Crippen LogP contribution in [0.15, 0.2) is 15.8 Å². The van der Waals surface area contributed by atoms with Gasteiger partial charge in [-0.3, -0.25) is 14.3 Å². The second kappa shape index (κ2) is 6.91. The smallest absolute Gasteiger partial charge is 0.314 e. The fourth-order valence-electron chi connectivity index (χ4n) is 2.51. The minimum atomic E-state index is -0.525. The maximum absolute atomic E-state index is 11.5. The molecular formula is C13H20ClN3O2. The molecule has 1 heterocycles. The summed E-state index contributed by atoms with van der Waals surface area (Å²) in [6.07, 6.45) is 8.74. The molecule has 2 N–H and O–H groups in total. The summed E-state index contributed by atoms with van der Waals surface area (Å²) in [5.74, 6) is 0. The van der Waals surface area contributed by atoms with Crippen LogP contribution in [0.4, 0.5) is 0 Å². The molecule has 1 saturated carbocycles. The van der Waals surface area contributed by atoms with E-state index in [9.17, 15) is 9.59 Å². The highest BCUT2D eigenvalue weighted by molar-refractivity contribution is 6.30. The summed E-state index contributed by atoms with van der Waals surface area (Å²) in [7, 11) is 0. The maximum Gasteiger partial charge on any atom is 0.328 e. The second-order valence-electron chi connectivity index (χ2n) is 5.07. The minimum Gasteiger partial charge on any atom is -0.314 e. The first-order chi connectivity index (χ1) is 9.16. The van der Waals surface area contributed by atoms with Crippen LogP contribution >= 0.6 is 11.6 Å². The van der Waals surface area contributed by atoms with E-state index in [0.717, 1.165) is 13.0 Å². The van der Waals surface area contributed by atoms with E-state index in [2.05, 4.69) is 10.3 Å². The first-order valence-corrected chi connectivity index (χ1v) is 7.27. The summed E-state index contributed by atoms with van der Waals surface area (Å²) in [5, 5.41) is 3.57. The van der Waals surface area contributed by atoms with E-state index in [4.69, 9.17) is 11.6 Å². The first kappa shape index (κ1) is 14.3. The van der Waals surface area contributed by atoms with Crippen molar-refractivity contribution in [1.82, 2.24) is 14.9 Å². The molecule has 0 aromatic carbocycles. The van der Waals surface area contributed by atoms with Crippen LogP contribution in [0.3, 0.4) is 0 Å². The number of rotatable bonds is 5. The van der Waals surface area contributed by atoms with Crippen LogP contribution in [0.2, 0.25) is 5.02 Å². The highest BCUT2D eigenvalue weighted by Crippen LogP contribution is 2.17. The molecular weight excluding hydrogens is 266 g/mol. The molecule has 1 aliphatic rings. The van der Waals surface area contributed by atoms with Crippen molar-refractivity contribution in [2.24, 2.45) is 0 Å². The molecule has 0 atom stereocenters. The predicted octanol–water partition coefficient (Wildman–Crippen LogP) is 1.50. The Labute approximate surface area is 117 Å². The average Bonchev–Trinajstić information content (AvgIpc) is 2.41. The van der Waals surface area contributed by atoms with Gasteiger partial charge in [-0.15, -0.1) is 0 Å². The van der Waals surface area contributed by atoms with Crippen LogP contribution < -0.4 is 16.6 Å². The standard InChI is InChI=1S/C13H20ClN3O2/c14-11-9-17(13(19)16-12(11)18)8-4-7-15-10-5-2-1-3-6-10/h9-10,15H,1-8H2,(H,16,18,19). The highest BCUT2D eigenvalue weighted by atomic mass is 35.5. The summed E-state index contributed by atoms with van der Waals surface area (Å²) < 4.78 is 1.45. The van der Waals surface area contributed by atoms with Crippen molar-refractivity contribution in [3.8, 4) is 0 Å². The summed E-state index contributed by atoms with van der Waals surface area (Å²) in [5.41, 5.74) is -0.921. The van der Waals surface area contributed by atoms with Gasteiger partial charge < -0.3 is 5.32 Å². The van der Waals surface area contributed by atoms with Crippen molar-refractivity contribution in [1.29, 1.82) is 0 Å². The van der Waals surface area contributed by atoms with Gasteiger partial charge in [0.05, 0.1) is 0 Å². The van der Waals surface area contributed by atoms with Crippen LogP contribution in [-0.4, -0.2) is 22.1 Å². The van der Waals surface area contributed by atoms with Crippen molar-refractivity contribution in [2.45, 2.75) is 51.1 Å². The van der Waals surface area contributed by atoms with E-state index in [-0.39, 0.29) is 5.02 Å². The van der Waals surface area contributed by atoms with Gasteiger partial charge in [0.25, 0.3) is 5.56 Å². The van der Waals surface area contributed by atoms with E-state index in [0.29, 0.717) is 12.6 Å². The SMILES string of the molecule is O=c1[nH]c(=O)n(CCCNC2CCCCC2)cc1Cl. The van der Waals surface area contributed by atoms with Crippen LogP contribution in [0, 0.1) is 0 Å². The number of hydrogen-bond donors (Lipinski definition) is 2. The molecule has 0 radical (unpaired) electrons. The Morgan fingerprint density at radius 3 is 2.79 bits per heavy atom. The van der Waals surface area contributed by atoms with Gasteiger partial charge in [0.15, 0.2) is 0 Å². The van der Waals surface area contributed by atoms with Gasteiger partial charge in [-0.1, -0.05) is 30.9 Å². The first-order valence-electron chi connectivity index (χ1n) is 6.89. The summed E-state index contributed by atoms with van der Waals surface area (Å²) in [6, 6.07) is 0.629. The zero-order valence-electron chi connectivity index (χ0n) is 11.0. The molecule has 0 amide bonds. The molecule has 0 bridgehead atoms. The van der Waals surface area contributed by atoms with Crippen molar-refractivity contribution >= 4 is 11.6 Å². The number of aromatic amines is 1. The van der Waals surface area contributed by atoms with E-state index < -0.39 is 11.2 Å². The molecule has 1 fully saturated rings.